The average molecular weight is 363 g/mol. The van der Waals surface area contributed by atoms with Crippen molar-refractivity contribution in [1.29, 1.82) is 0 Å². The summed E-state index contributed by atoms with van der Waals surface area (Å²) in [7, 11) is 0. The quantitative estimate of drug-likeness (QED) is 0.830. The standard InChI is InChI=1S/C18H16Cl2N2O2/c1-2-13-16(18(23)24)21-22(15-6-4-3-5-14(15)20)17(13)11-7-9-12(19)10-8-11/h3-10,13,17H,2H2,1H3,(H,23,24)/t13-,17-/m1/s1. The number of anilines is 1. The number of nitrogens with zero attached hydrogens (tertiary/aromatic N) is 2. The van der Waals surface area contributed by atoms with Crippen molar-refractivity contribution < 1.29 is 9.90 Å². The summed E-state index contributed by atoms with van der Waals surface area (Å²) in [5, 5.41) is 16.8. The molecule has 2 atom stereocenters. The first-order valence-electron chi connectivity index (χ1n) is 7.64. The van der Waals surface area contributed by atoms with E-state index in [-0.39, 0.29) is 17.7 Å². The lowest BCUT2D eigenvalue weighted by molar-refractivity contribution is -0.129. The molecule has 0 amide bonds. The number of hydrazone groups is 1. The van der Waals surface area contributed by atoms with Gasteiger partial charge < -0.3 is 5.11 Å². The predicted molar refractivity (Wildman–Crippen MR) is 97.0 cm³/mol. The molecule has 1 N–H and O–H groups in total. The number of rotatable bonds is 4. The summed E-state index contributed by atoms with van der Waals surface area (Å²) in [6.07, 6.45) is 0.652. The summed E-state index contributed by atoms with van der Waals surface area (Å²) in [5.74, 6) is -1.24. The highest BCUT2D eigenvalue weighted by atomic mass is 35.5. The third-order valence-corrected chi connectivity index (χ3v) is 4.75. The Hall–Kier alpha value is -2.04. The lowest BCUT2D eigenvalue weighted by Crippen LogP contribution is -2.27. The second-order valence-corrected chi connectivity index (χ2v) is 6.44. The zero-order chi connectivity index (χ0) is 17.3. The lowest BCUT2D eigenvalue weighted by Gasteiger charge is -2.28. The molecule has 0 saturated heterocycles. The first-order chi connectivity index (χ1) is 11.5. The van der Waals surface area contributed by atoms with Gasteiger partial charge in [0.1, 0.15) is 0 Å². The van der Waals surface area contributed by atoms with Crippen molar-refractivity contribution >= 4 is 40.6 Å². The van der Waals surface area contributed by atoms with E-state index in [1.54, 1.807) is 23.2 Å². The van der Waals surface area contributed by atoms with Crippen LogP contribution >= 0.6 is 23.2 Å². The molecule has 2 aromatic rings. The second kappa shape index (κ2) is 6.83. The van der Waals surface area contributed by atoms with Crippen molar-refractivity contribution in [3.8, 4) is 0 Å². The Kier molecular flexibility index (Phi) is 4.78. The smallest absolute Gasteiger partial charge is 0.352 e. The summed E-state index contributed by atoms with van der Waals surface area (Å²) in [5.41, 5.74) is 1.79. The summed E-state index contributed by atoms with van der Waals surface area (Å²) >= 11 is 12.3. The largest absolute Gasteiger partial charge is 0.477 e. The number of hydrogen-bond donors (Lipinski definition) is 1. The number of hydrogen-bond acceptors (Lipinski definition) is 3. The van der Waals surface area contributed by atoms with E-state index in [1.165, 1.54) is 0 Å². The molecule has 0 saturated carbocycles. The van der Waals surface area contributed by atoms with Gasteiger partial charge >= 0.3 is 5.97 Å². The minimum atomic E-state index is -1.00. The van der Waals surface area contributed by atoms with Gasteiger partial charge in [-0.25, -0.2) is 4.79 Å². The Morgan fingerprint density at radius 2 is 1.83 bits per heavy atom. The molecule has 0 aliphatic carbocycles. The van der Waals surface area contributed by atoms with Gasteiger partial charge in [0.25, 0.3) is 0 Å². The van der Waals surface area contributed by atoms with Gasteiger partial charge in [-0.15, -0.1) is 0 Å². The molecule has 124 valence electrons. The number of aliphatic carboxylic acids is 1. The minimum absolute atomic E-state index is 0.150. The normalized spacial score (nSPS) is 20.1. The number of benzene rings is 2. The fourth-order valence-corrected chi connectivity index (χ4v) is 3.41. The van der Waals surface area contributed by atoms with Crippen LogP contribution in [0.25, 0.3) is 0 Å². The Labute approximate surface area is 150 Å². The van der Waals surface area contributed by atoms with E-state index in [1.807, 2.05) is 37.3 Å². The van der Waals surface area contributed by atoms with E-state index >= 15 is 0 Å². The predicted octanol–water partition coefficient (Wildman–Crippen LogP) is 5.02. The summed E-state index contributed by atoms with van der Waals surface area (Å²) in [6, 6.07) is 14.5. The van der Waals surface area contributed by atoms with Crippen LogP contribution in [-0.2, 0) is 4.79 Å². The molecule has 0 aromatic heterocycles. The number of para-hydroxylation sites is 1. The van der Waals surface area contributed by atoms with Crippen molar-refractivity contribution in [3.63, 3.8) is 0 Å². The van der Waals surface area contributed by atoms with Gasteiger partial charge in [-0.3, -0.25) is 5.01 Å². The molecule has 1 aliphatic heterocycles. The molecule has 0 unspecified atom stereocenters. The molecule has 4 nitrogen and oxygen atoms in total. The van der Waals surface area contributed by atoms with Crippen molar-refractivity contribution in [1.82, 2.24) is 0 Å². The molecule has 24 heavy (non-hydrogen) atoms. The van der Waals surface area contributed by atoms with Crippen molar-refractivity contribution in [3.05, 3.63) is 64.1 Å². The Morgan fingerprint density at radius 3 is 2.42 bits per heavy atom. The average Bonchev–Trinajstić information content (AvgIpc) is 2.95. The summed E-state index contributed by atoms with van der Waals surface area (Å²) < 4.78 is 0. The third kappa shape index (κ3) is 2.99. The number of carbonyl (C=O) groups is 1. The lowest BCUT2D eigenvalue weighted by atomic mass is 9.88. The highest BCUT2D eigenvalue weighted by Crippen LogP contribution is 2.43. The van der Waals surface area contributed by atoms with E-state index < -0.39 is 5.97 Å². The van der Waals surface area contributed by atoms with Crippen LogP contribution in [-0.4, -0.2) is 16.8 Å². The van der Waals surface area contributed by atoms with Crippen LogP contribution in [0, 0.1) is 5.92 Å². The van der Waals surface area contributed by atoms with Gasteiger partial charge in [-0.05, 0) is 36.2 Å². The monoisotopic (exact) mass is 362 g/mol. The molecular formula is C18H16Cl2N2O2. The van der Waals surface area contributed by atoms with Crippen molar-refractivity contribution in [2.24, 2.45) is 11.0 Å². The number of carboxylic acids is 1. The van der Waals surface area contributed by atoms with Crippen LogP contribution in [0.15, 0.2) is 53.6 Å². The molecule has 3 rings (SSSR count). The maximum absolute atomic E-state index is 11.7. The van der Waals surface area contributed by atoms with Crippen LogP contribution < -0.4 is 5.01 Å². The van der Waals surface area contributed by atoms with Crippen molar-refractivity contribution in [2.75, 3.05) is 5.01 Å². The van der Waals surface area contributed by atoms with Crippen LogP contribution in [0.1, 0.15) is 24.9 Å². The molecule has 1 heterocycles. The topological polar surface area (TPSA) is 52.9 Å². The molecule has 1 aliphatic rings. The fraction of sp³-hybridized carbons (Fsp3) is 0.222. The van der Waals surface area contributed by atoms with Gasteiger partial charge in [0, 0.05) is 10.9 Å². The van der Waals surface area contributed by atoms with Crippen LogP contribution in [0.3, 0.4) is 0 Å². The maximum Gasteiger partial charge on any atom is 0.352 e. The zero-order valence-corrected chi connectivity index (χ0v) is 14.5. The first-order valence-corrected chi connectivity index (χ1v) is 8.39. The highest BCUT2D eigenvalue weighted by Gasteiger charge is 2.41. The van der Waals surface area contributed by atoms with Crippen LogP contribution in [0.2, 0.25) is 10.0 Å². The molecule has 6 heteroatoms. The third-order valence-electron chi connectivity index (χ3n) is 4.18. The molecular weight excluding hydrogens is 347 g/mol. The Balaban J connectivity index is 2.13. The van der Waals surface area contributed by atoms with Gasteiger partial charge in [-0.2, -0.15) is 5.10 Å². The molecule has 0 fully saturated rings. The van der Waals surface area contributed by atoms with Gasteiger partial charge in [-0.1, -0.05) is 54.4 Å². The van der Waals surface area contributed by atoms with Crippen molar-refractivity contribution in [2.45, 2.75) is 19.4 Å². The Bertz CT molecular complexity index is 790. The van der Waals surface area contributed by atoms with Gasteiger partial charge in [0.05, 0.1) is 16.8 Å². The number of halogens is 2. The molecule has 0 radical (unpaired) electrons. The van der Waals surface area contributed by atoms with Crippen LogP contribution in [0.4, 0.5) is 5.69 Å². The Morgan fingerprint density at radius 1 is 1.17 bits per heavy atom. The first kappa shape index (κ1) is 16.8. The van der Waals surface area contributed by atoms with E-state index in [2.05, 4.69) is 5.10 Å². The molecule has 0 bridgehead atoms. The number of carboxylic acid groups (broad SMARTS) is 1. The van der Waals surface area contributed by atoms with E-state index in [0.717, 1.165) is 5.56 Å². The minimum Gasteiger partial charge on any atom is -0.477 e. The SMILES string of the molecule is CC[C@@H]1C(C(=O)O)=NN(c2ccccc2Cl)[C@@H]1c1ccc(Cl)cc1. The van der Waals surface area contributed by atoms with Crippen LogP contribution in [0.5, 0.6) is 0 Å². The second-order valence-electron chi connectivity index (χ2n) is 5.60. The fourth-order valence-electron chi connectivity index (χ4n) is 3.07. The van der Waals surface area contributed by atoms with E-state index in [4.69, 9.17) is 23.2 Å². The summed E-state index contributed by atoms with van der Waals surface area (Å²) in [6.45, 7) is 1.96. The molecule has 0 spiro atoms. The molecule has 2 aromatic carbocycles. The highest BCUT2D eigenvalue weighted by molar-refractivity contribution is 6.38. The summed E-state index contributed by atoms with van der Waals surface area (Å²) in [4.78, 5) is 11.7. The van der Waals surface area contributed by atoms with E-state index in [0.29, 0.717) is 22.2 Å². The van der Waals surface area contributed by atoms with Gasteiger partial charge in [0.2, 0.25) is 0 Å². The zero-order valence-electron chi connectivity index (χ0n) is 13.0. The van der Waals surface area contributed by atoms with Gasteiger partial charge in [0.15, 0.2) is 5.71 Å². The van der Waals surface area contributed by atoms with E-state index in [9.17, 15) is 9.90 Å². The maximum atomic E-state index is 11.7.